The molecule has 0 fully saturated rings. The molecule has 1 N–H and O–H groups in total. The molecule has 0 aliphatic rings. The van der Waals surface area contributed by atoms with Crippen LogP contribution in [0, 0.1) is 0 Å². The average molecular weight is 213 g/mol. The summed E-state index contributed by atoms with van der Waals surface area (Å²) in [6.07, 6.45) is 0.916. The molecule has 1 aromatic heterocycles. The minimum atomic E-state index is -0.779. The second-order valence-electron chi connectivity index (χ2n) is 3.50. The number of carboxylic acids is 1. The van der Waals surface area contributed by atoms with Gasteiger partial charge in [-0.2, -0.15) is 0 Å². The van der Waals surface area contributed by atoms with Crippen molar-refractivity contribution in [3.63, 3.8) is 0 Å². The van der Waals surface area contributed by atoms with Crippen molar-refractivity contribution in [1.82, 2.24) is 4.98 Å². The number of aliphatic carboxylic acids is 1. The van der Waals surface area contributed by atoms with E-state index in [1.54, 1.807) is 0 Å². The van der Waals surface area contributed by atoms with Crippen LogP contribution in [0.25, 0.3) is 0 Å². The van der Waals surface area contributed by atoms with Gasteiger partial charge in [0.1, 0.15) is 0 Å². The molecule has 0 bridgehead atoms. The Bertz CT molecular complexity index is 331. The zero-order valence-electron chi connectivity index (χ0n) is 8.70. The van der Waals surface area contributed by atoms with Crippen molar-refractivity contribution in [2.45, 2.75) is 39.5 Å². The maximum absolute atomic E-state index is 10.6. The number of nitrogens with zero attached hydrogens (tertiary/aromatic N) is 1. The second kappa shape index (κ2) is 4.55. The van der Waals surface area contributed by atoms with Crippen LogP contribution >= 0.6 is 11.3 Å². The van der Waals surface area contributed by atoms with Crippen LogP contribution in [0.1, 0.15) is 42.3 Å². The van der Waals surface area contributed by atoms with E-state index in [0.29, 0.717) is 5.92 Å². The van der Waals surface area contributed by atoms with Crippen LogP contribution in [0.2, 0.25) is 0 Å². The molecule has 1 heterocycles. The normalized spacial score (nSPS) is 10.9. The molecule has 0 spiro atoms. The van der Waals surface area contributed by atoms with Crippen LogP contribution in [0.5, 0.6) is 0 Å². The van der Waals surface area contributed by atoms with E-state index >= 15 is 0 Å². The van der Waals surface area contributed by atoms with Gasteiger partial charge < -0.3 is 5.11 Å². The summed E-state index contributed by atoms with van der Waals surface area (Å²) in [4.78, 5) is 15.9. The quantitative estimate of drug-likeness (QED) is 0.835. The minimum absolute atomic E-state index is 0.105. The fourth-order valence-corrected chi connectivity index (χ4v) is 2.35. The number of thiazole rings is 1. The van der Waals surface area contributed by atoms with Crippen molar-refractivity contribution >= 4 is 17.3 Å². The van der Waals surface area contributed by atoms with Gasteiger partial charge in [-0.05, 0) is 6.42 Å². The van der Waals surface area contributed by atoms with Gasteiger partial charge in [-0.25, -0.2) is 4.98 Å². The smallest absolute Gasteiger partial charge is 0.308 e. The van der Waals surface area contributed by atoms with E-state index in [2.05, 4.69) is 18.8 Å². The highest BCUT2D eigenvalue weighted by atomic mass is 32.1. The second-order valence-corrected chi connectivity index (χ2v) is 4.62. The third-order valence-corrected chi connectivity index (χ3v) is 3.33. The van der Waals surface area contributed by atoms with E-state index in [0.717, 1.165) is 22.0 Å². The monoisotopic (exact) mass is 213 g/mol. The lowest BCUT2D eigenvalue weighted by Crippen LogP contribution is -2.00. The van der Waals surface area contributed by atoms with Gasteiger partial charge in [0.15, 0.2) is 0 Å². The number of aromatic nitrogens is 1. The van der Waals surface area contributed by atoms with Crippen LogP contribution in [0.3, 0.4) is 0 Å². The number of hydrogen-bond donors (Lipinski definition) is 1. The summed E-state index contributed by atoms with van der Waals surface area (Å²) in [6.45, 7) is 6.15. The van der Waals surface area contributed by atoms with Gasteiger partial charge in [0.05, 0.1) is 17.1 Å². The third kappa shape index (κ3) is 2.54. The van der Waals surface area contributed by atoms with E-state index in [1.165, 1.54) is 11.3 Å². The van der Waals surface area contributed by atoms with Crippen molar-refractivity contribution in [3.8, 4) is 0 Å². The lowest BCUT2D eigenvalue weighted by atomic mass is 10.2. The summed E-state index contributed by atoms with van der Waals surface area (Å²) >= 11 is 1.53. The molecule has 14 heavy (non-hydrogen) atoms. The maximum atomic E-state index is 10.6. The molecule has 78 valence electrons. The SMILES string of the molecule is CCc1nc(C(C)C)sc1CC(=O)O. The first-order valence-corrected chi connectivity index (χ1v) is 5.56. The van der Waals surface area contributed by atoms with Crippen LogP contribution in [-0.4, -0.2) is 16.1 Å². The van der Waals surface area contributed by atoms with Gasteiger partial charge in [0.25, 0.3) is 0 Å². The molecule has 0 saturated heterocycles. The Labute approximate surface area is 87.8 Å². The molecule has 1 rings (SSSR count). The topological polar surface area (TPSA) is 50.2 Å². The zero-order valence-corrected chi connectivity index (χ0v) is 9.52. The number of aryl methyl sites for hydroxylation is 1. The highest BCUT2D eigenvalue weighted by Gasteiger charge is 2.14. The highest BCUT2D eigenvalue weighted by molar-refractivity contribution is 7.11. The molecule has 0 radical (unpaired) electrons. The van der Waals surface area contributed by atoms with E-state index in [9.17, 15) is 4.79 Å². The zero-order chi connectivity index (χ0) is 10.7. The molecule has 1 aromatic rings. The maximum Gasteiger partial charge on any atom is 0.308 e. The molecule has 0 amide bonds. The lowest BCUT2D eigenvalue weighted by Gasteiger charge is -1.95. The molecule has 4 heteroatoms. The van der Waals surface area contributed by atoms with Gasteiger partial charge >= 0.3 is 5.97 Å². The Morgan fingerprint density at radius 1 is 1.57 bits per heavy atom. The van der Waals surface area contributed by atoms with Crippen molar-refractivity contribution in [2.75, 3.05) is 0 Å². The van der Waals surface area contributed by atoms with Gasteiger partial charge in [0.2, 0.25) is 0 Å². The summed E-state index contributed by atoms with van der Waals surface area (Å²) in [7, 11) is 0. The van der Waals surface area contributed by atoms with Gasteiger partial charge in [-0.1, -0.05) is 20.8 Å². The first-order chi connectivity index (χ1) is 6.54. The predicted octanol–water partition coefficient (Wildman–Crippen LogP) is 2.46. The van der Waals surface area contributed by atoms with Crippen LogP contribution < -0.4 is 0 Å². The average Bonchev–Trinajstić information content (AvgIpc) is 2.46. The summed E-state index contributed by atoms with van der Waals surface area (Å²) in [5.41, 5.74) is 0.945. The first kappa shape index (κ1) is 11.2. The highest BCUT2D eigenvalue weighted by Crippen LogP contribution is 2.25. The molecular formula is C10H15NO2S. The summed E-state index contributed by atoms with van der Waals surface area (Å²) in [6, 6.07) is 0. The molecular weight excluding hydrogens is 198 g/mol. The molecule has 0 aliphatic carbocycles. The minimum Gasteiger partial charge on any atom is -0.481 e. The van der Waals surface area contributed by atoms with Crippen molar-refractivity contribution in [2.24, 2.45) is 0 Å². The third-order valence-electron chi connectivity index (χ3n) is 1.94. The Hall–Kier alpha value is -0.900. The Balaban J connectivity index is 2.96. The Kier molecular flexibility index (Phi) is 3.63. The molecule has 0 aliphatic heterocycles. The van der Waals surface area contributed by atoms with Gasteiger partial charge in [-0.3, -0.25) is 4.79 Å². The Morgan fingerprint density at radius 3 is 2.64 bits per heavy atom. The lowest BCUT2D eigenvalue weighted by molar-refractivity contribution is -0.136. The molecule has 3 nitrogen and oxygen atoms in total. The molecule has 0 aromatic carbocycles. The van der Waals surface area contributed by atoms with E-state index < -0.39 is 5.97 Å². The standard InChI is InChI=1S/C10H15NO2S/c1-4-7-8(5-9(12)13)14-10(11-7)6(2)3/h6H,4-5H2,1-3H3,(H,12,13). The number of carboxylic acid groups (broad SMARTS) is 1. The fraction of sp³-hybridized carbons (Fsp3) is 0.600. The largest absolute Gasteiger partial charge is 0.481 e. The molecule has 0 saturated carbocycles. The van der Waals surface area contributed by atoms with E-state index in [-0.39, 0.29) is 6.42 Å². The van der Waals surface area contributed by atoms with Crippen molar-refractivity contribution in [1.29, 1.82) is 0 Å². The summed E-state index contributed by atoms with van der Waals surface area (Å²) in [5, 5.41) is 9.75. The van der Waals surface area contributed by atoms with E-state index in [4.69, 9.17) is 5.11 Å². The summed E-state index contributed by atoms with van der Waals surface area (Å²) in [5.74, 6) is -0.397. The van der Waals surface area contributed by atoms with Crippen molar-refractivity contribution in [3.05, 3.63) is 15.6 Å². The van der Waals surface area contributed by atoms with Crippen LogP contribution in [0.15, 0.2) is 0 Å². The number of hydrogen-bond acceptors (Lipinski definition) is 3. The molecule has 0 unspecified atom stereocenters. The van der Waals surface area contributed by atoms with E-state index in [1.807, 2.05) is 6.92 Å². The van der Waals surface area contributed by atoms with Gasteiger partial charge in [0, 0.05) is 10.8 Å². The number of rotatable bonds is 4. The van der Waals surface area contributed by atoms with Gasteiger partial charge in [-0.15, -0.1) is 11.3 Å². The number of carbonyl (C=O) groups is 1. The fourth-order valence-electron chi connectivity index (χ4n) is 1.20. The van der Waals surface area contributed by atoms with Crippen molar-refractivity contribution < 1.29 is 9.90 Å². The predicted molar refractivity (Wildman–Crippen MR) is 56.9 cm³/mol. The van der Waals surface area contributed by atoms with Crippen LogP contribution in [0.4, 0.5) is 0 Å². The first-order valence-electron chi connectivity index (χ1n) is 4.74. The molecule has 0 atom stereocenters. The Morgan fingerprint density at radius 2 is 2.21 bits per heavy atom. The van der Waals surface area contributed by atoms with Crippen LogP contribution in [-0.2, 0) is 17.6 Å². The summed E-state index contributed by atoms with van der Waals surface area (Å²) < 4.78 is 0.